The number of ether oxygens (including phenoxy) is 1. The molecule has 140 valence electrons. The van der Waals surface area contributed by atoms with E-state index in [4.69, 9.17) is 9.88 Å². The Balaban J connectivity index is 2.15. The van der Waals surface area contributed by atoms with Crippen LogP contribution in [0.15, 0.2) is 59.1 Å². The molecule has 0 aliphatic carbocycles. The molecular weight excluding hydrogens is 368 g/mol. The van der Waals surface area contributed by atoms with Gasteiger partial charge in [-0.3, -0.25) is 4.79 Å². The van der Waals surface area contributed by atoms with Gasteiger partial charge < -0.3 is 15.4 Å². The van der Waals surface area contributed by atoms with Gasteiger partial charge in [0.1, 0.15) is 17.4 Å². The van der Waals surface area contributed by atoms with Crippen LogP contribution >= 0.6 is 0 Å². The van der Waals surface area contributed by atoms with Crippen LogP contribution < -0.4 is 20.5 Å². The van der Waals surface area contributed by atoms with Gasteiger partial charge in [-0.25, -0.2) is 13.6 Å². The minimum absolute atomic E-state index is 0.0400. The molecule has 0 radical (unpaired) electrons. The molecule has 4 N–H and O–H groups in total. The molecule has 0 heterocycles. The first kappa shape index (κ1) is 20.0. The predicted molar refractivity (Wildman–Crippen MR) is 101 cm³/mol. The molecule has 0 unspecified atom stereocenters. The summed E-state index contributed by atoms with van der Waals surface area (Å²) in [6.07, 6.45) is 1.23. The number of primary sulfonamides is 1. The van der Waals surface area contributed by atoms with Crippen molar-refractivity contribution < 1.29 is 17.9 Å². The van der Waals surface area contributed by atoms with Gasteiger partial charge in [-0.1, -0.05) is 6.07 Å². The molecule has 2 aromatic carbocycles. The van der Waals surface area contributed by atoms with Crippen LogP contribution in [-0.2, 0) is 14.8 Å². The van der Waals surface area contributed by atoms with Crippen molar-refractivity contribution in [2.75, 3.05) is 17.7 Å². The number of methoxy groups -OCH3 is 1. The topological polar surface area (TPSA) is 134 Å². The molecule has 2 aromatic rings. The maximum Gasteiger partial charge on any atom is 0.267 e. The van der Waals surface area contributed by atoms with Gasteiger partial charge in [-0.05, 0) is 48.9 Å². The van der Waals surface area contributed by atoms with Crippen molar-refractivity contribution in [1.82, 2.24) is 0 Å². The summed E-state index contributed by atoms with van der Waals surface area (Å²) in [5, 5.41) is 19.7. The fourth-order valence-corrected chi connectivity index (χ4v) is 2.67. The van der Waals surface area contributed by atoms with Crippen LogP contribution in [0.4, 0.5) is 11.4 Å². The lowest BCUT2D eigenvalue weighted by molar-refractivity contribution is -0.112. The highest BCUT2D eigenvalue weighted by Gasteiger charge is 2.13. The molecule has 8 nitrogen and oxygen atoms in total. The van der Waals surface area contributed by atoms with Gasteiger partial charge in [-0.2, -0.15) is 5.26 Å². The van der Waals surface area contributed by atoms with Crippen LogP contribution in [0.5, 0.6) is 5.75 Å². The second-order valence-corrected chi connectivity index (χ2v) is 7.10. The zero-order valence-corrected chi connectivity index (χ0v) is 15.5. The van der Waals surface area contributed by atoms with Gasteiger partial charge in [-0.15, -0.1) is 0 Å². The minimum atomic E-state index is -3.79. The number of nitrogens with zero attached hydrogens (tertiary/aromatic N) is 1. The van der Waals surface area contributed by atoms with E-state index in [-0.39, 0.29) is 10.5 Å². The maximum absolute atomic E-state index is 12.3. The fraction of sp³-hybridized carbons (Fsp3) is 0.111. The molecule has 0 spiro atoms. The second kappa shape index (κ2) is 8.35. The Labute approximate surface area is 157 Å². The van der Waals surface area contributed by atoms with E-state index >= 15 is 0 Å². The predicted octanol–water partition coefficient (Wildman–Crippen LogP) is 2.11. The third-order valence-electron chi connectivity index (χ3n) is 3.53. The van der Waals surface area contributed by atoms with Crippen molar-refractivity contribution >= 4 is 27.3 Å². The Bertz CT molecular complexity index is 1020. The minimum Gasteiger partial charge on any atom is -0.495 e. The number of nitriles is 1. The number of amides is 1. The molecule has 0 aliphatic heterocycles. The summed E-state index contributed by atoms with van der Waals surface area (Å²) in [5.41, 5.74) is 1.67. The smallest absolute Gasteiger partial charge is 0.267 e. The summed E-state index contributed by atoms with van der Waals surface area (Å²) in [7, 11) is -2.30. The van der Waals surface area contributed by atoms with Gasteiger partial charge in [0.25, 0.3) is 5.91 Å². The maximum atomic E-state index is 12.3. The van der Waals surface area contributed by atoms with E-state index in [1.807, 2.05) is 19.1 Å². The summed E-state index contributed by atoms with van der Waals surface area (Å²) >= 11 is 0. The molecule has 0 bridgehead atoms. The van der Waals surface area contributed by atoms with Crippen molar-refractivity contribution in [3.8, 4) is 11.8 Å². The van der Waals surface area contributed by atoms with Crippen LogP contribution in [-0.4, -0.2) is 21.4 Å². The molecule has 1 amide bonds. The Hall–Kier alpha value is -3.35. The monoisotopic (exact) mass is 386 g/mol. The zero-order chi connectivity index (χ0) is 20.0. The molecule has 0 fully saturated rings. The molecule has 0 aromatic heterocycles. The summed E-state index contributed by atoms with van der Waals surface area (Å²) in [6, 6.07) is 12.6. The van der Waals surface area contributed by atoms with E-state index in [9.17, 15) is 18.5 Å². The second-order valence-electron chi connectivity index (χ2n) is 5.54. The van der Waals surface area contributed by atoms with Crippen molar-refractivity contribution in [1.29, 1.82) is 5.26 Å². The summed E-state index contributed by atoms with van der Waals surface area (Å²) in [4.78, 5) is 12.3. The number of aryl methyl sites for hydroxylation is 1. The van der Waals surface area contributed by atoms with E-state index < -0.39 is 15.9 Å². The van der Waals surface area contributed by atoms with Crippen LogP contribution in [0.3, 0.4) is 0 Å². The summed E-state index contributed by atoms with van der Waals surface area (Å²) < 4.78 is 27.7. The average Bonchev–Trinajstić information content (AvgIpc) is 2.62. The molecule has 0 saturated carbocycles. The Morgan fingerprint density at radius 1 is 1.22 bits per heavy atom. The molecular formula is C18H18N4O4S. The van der Waals surface area contributed by atoms with Gasteiger partial charge in [0.2, 0.25) is 10.0 Å². The number of anilines is 2. The Morgan fingerprint density at radius 2 is 1.89 bits per heavy atom. The largest absolute Gasteiger partial charge is 0.495 e. The van der Waals surface area contributed by atoms with Crippen molar-refractivity contribution in [2.45, 2.75) is 11.8 Å². The molecule has 2 rings (SSSR count). The standard InChI is InChI=1S/C18H18N4O4S/c1-12-3-8-17(26-2)16(9-12)22-18(23)13(10-19)11-21-14-4-6-15(7-5-14)27(20,24)25/h3-9,11,21H,1-2H3,(H,22,23)(H2,20,24,25)/b13-11-. The van der Waals surface area contributed by atoms with E-state index in [0.29, 0.717) is 17.1 Å². The average molecular weight is 386 g/mol. The van der Waals surface area contributed by atoms with Crippen LogP contribution in [0, 0.1) is 18.3 Å². The lowest BCUT2D eigenvalue weighted by Crippen LogP contribution is -2.15. The first-order chi connectivity index (χ1) is 12.7. The van der Waals surface area contributed by atoms with E-state index in [2.05, 4.69) is 10.6 Å². The number of sulfonamides is 1. The number of hydrogen-bond acceptors (Lipinski definition) is 6. The SMILES string of the molecule is COc1ccc(C)cc1NC(=O)/C(C#N)=C\Nc1ccc(S(N)(=O)=O)cc1. The first-order valence-corrected chi connectivity index (χ1v) is 9.25. The van der Waals surface area contributed by atoms with Gasteiger partial charge in [0.05, 0.1) is 17.7 Å². The normalized spacial score (nSPS) is 11.4. The van der Waals surface area contributed by atoms with Gasteiger partial charge >= 0.3 is 0 Å². The molecule has 27 heavy (non-hydrogen) atoms. The first-order valence-electron chi connectivity index (χ1n) is 7.70. The fourth-order valence-electron chi connectivity index (χ4n) is 2.15. The highest BCUT2D eigenvalue weighted by Crippen LogP contribution is 2.25. The third-order valence-corrected chi connectivity index (χ3v) is 4.46. The summed E-state index contributed by atoms with van der Waals surface area (Å²) in [5.74, 6) is -0.146. The number of hydrogen-bond donors (Lipinski definition) is 3. The number of nitrogens with one attached hydrogen (secondary N) is 2. The van der Waals surface area contributed by atoms with Crippen LogP contribution in [0.25, 0.3) is 0 Å². The molecule has 0 atom stereocenters. The van der Waals surface area contributed by atoms with Crippen molar-refractivity contribution in [3.05, 3.63) is 59.8 Å². The number of benzene rings is 2. The van der Waals surface area contributed by atoms with E-state index in [0.717, 1.165) is 5.56 Å². The molecule has 9 heteroatoms. The van der Waals surface area contributed by atoms with Crippen molar-refractivity contribution in [3.63, 3.8) is 0 Å². The molecule has 0 aliphatic rings. The van der Waals surface area contributed by atoms with E-state index in [1.165, 1.54) is 37.6 Å². The Morgan fingerprint density at radius 3 is 2.44 bits per heavy atom. The summed E-state index contributed by atoms with van der Waals surface area (Å²) in [6.45, 7) is 1.86. The lowest BCUT2D eigenvalue weighted by atomic mass is 10.2. The number of carbonyl (C=O) groups is 1. The third kappa shape index (κ3) is 5.31. The highest BCUT2D eigenvalue weighted by atomic mass is 32.2. The number of carbonyl (C=O) groups excluding carboxylic acids is 1. The van der Waals surface area contributed by atoms with Gasteiger partial charge in [0, 0.05) is 11.9 Å². The Kier molecular flexibility index (Phi) is 6.18. The van der Waals surface area contributed by atoms with Gasteiger partial charge in [0.15, 0.2) is 0 Å². The molecule has 0 saturated heterocycles. The van der Waals surface area contributed by atoms with E-state index in [1.54, 1.807) is 12.1 Å². The van der Waals surface area contributed by atoms with Crippen molar-refractivity contribution in [2.24, 2.45) is 5.14 Å². The zero-order valence-electron chi connectivity index (χ0n) is 14.7. The number of rotatable bonds is 6. The van der Waals surface area contributed by atoms with Crippen LogP contribution in [0.2, 0.25) is 0 Å². The lowest BCUT2D eigenvalue weighted by Gasteiger charge is -2.10. The quantitative estimate of drug-likeness (QED) is 0.514. The highest BCUT2D eigenvalue weighted by molar-refractivity contribution is 7.89. The van der Waals surface area contributed by atoms with Crippen LogP contribution in [0.1, 0.15) is 5.56 Å². The number of nitrogens with two attached hydrogens (primary N) is 1.